The van der Waals surface area contributed by atoms with Crippen LogP contribution in [-0.4, -0.2) is 36.3 Å². The molecule has 0 radical (unpaired) electrons. The van der Waals surface area contributed by atoms with Gasteiger partial charge in [-0.1, -0.05) is 101 Å². The van der Waals surface area contributed by atoms with E-state index < -0.39 is 25.9 Å². The predicted octanol–water partition coefficient (Wildman–Crippen LogP) is 6.26. The zero-order chi connectivity index (χ0) is 24.4. The molecule has 2 aromatic rings. The number of ether oxygens (including phenoxy) is 1. The summed E-state index contributed by atoms with van der Waals surface area (Å²) in [7, 11) is -1.93. The van der Waals surface area contributed by atoms with Crippen molar-refractivity contribution >= 4 is 14.2 Å². The number of amides is 1. The lowest BCUT2D eigenvalue weighted by Gasteiger charge is -2.37. The molecule has 174 valence electrons. The van der Waals surface area contributed by atoms with Crippen molar-refractivity contribution in [1.29, 1.82) is 0 Å². The molecule has 1 heterocycles. The second-order valence-electron chi connectivity index (χ2n) is 10.1. The molecular formula is C28H35NO3Si. The van der Waals surface area contributed by atoms with Gasteiger partial charge in [-0.05, 0) is 23.6 Å². The van der Waals surface area contributed by atoms with Gasteiger partial charge in [0.2, 0.25) is 0 Å². The molecule has 1 N–H and O–H groups in total. The van der Waals surface area contributed by atoms with E-state index in [-0.39, 0.29) is 12.0 Å². The van der Waals surface area contributed by atoms with Gasteiger partial charge in [0, 0.05) is 11.1 Å². The topological polar surface area (TPSA) is 49.8 Å². The second kappa shape index (κ2) is 9.56. The minimum absolute atomic E-state index is 0.0799. The van der Waals surface area contributed by atoms with Crippen molar-refractivity contribution in [2.45, 2.75) is 58.2 Å². The molecular weight excluding hydrogens is 426 g/mol. The average Bonchev–Trinajstić information content (AvgIpc) is 3.07. The van der Waals surface area contributed by atoms with Crippen LogP contribution >= 0.6 is 0 Å². The Kier molecular flexibility index (Phi) is 7.18. The first-order chi connectivity index (χ1) is 15.5. The SMILES string of the molecule is C=C(C)[C@@H](O)C(=C=CN1C(=O)OC(c2ccccc2)(c2ccccc2)[C@@H]1C(C)C)[Si](C)(C)C. The Morgan fingerprint density at radius 1 is 1.09 bits per heavy atom. The van der Waals surface area contributed by atoms with Crippen LogP contribution in [0.15, 0.2) is 89.9 Å². The van der Waals surface area contributed by atoms with Gasteiger partial charge in [0.05, 0.1) is 26.4 Å². The lowest BCUT2D eigenvalue weighted by Crippen LogP contribution is -2.46. The van der Waals surface area contributed by atoms with Crippen molar-refractivity contribution in [2.24, 2.45) is 5.92 Å². The zero-order valence-electron chi connectivity index (χ0n) is 20.5. The van der Waals surface area contributed by atoms with Gasteiger partial charge >= 0.3 is 6.09 Å². The quantitative estimate of drug-likeness (QED) is 0.301. The maximum Gasteiger partial charge on any atom is 0.416 e. The van der Waals surface area contributed by atoms with Crippen LogP contribution in [0.2, 0.25) is 19.6 Å². The van der Waals surface area contributed by atoms with Crippen LogP contribution in [-0.2, 0) is 10.3 Å². The van der Waals surface area contributed by atoms with Gasteiger partial charge in [-0.25, -0.2) is 4.79 Å². The molecule has 1 saturated heterocycles. The van der Waals surface area contributed by atoms with E-state index in [9.17, 15) is 9.90 Å². The van der Waals surface area contributed by atoms with E-state index in [1.807, 2.05) is 67.6 Å². The maximum absolute atomic E-state index is 13.4. The van der Waals surface area contributed by atoms with E-state index in [2.05, 4.69) is 45.8 Å². The van der Waals surface area contributed by atoms with Crippen molar-refractivity contribution in [2.75, 3.05) is 0 Å². The fourth-order valence-corrected chi connectivity index (χ4v) is 6.14. The highest BCUT2D eigenvalue weighted by Gasteiger charge is 2.57. The molecule has 3 rings (SSSR count). The molecule has 5 heteroatoms. The lowest BCUT2D eigenvalue weighted by molar-refractivity contribution is 0.0562. The van der Waals surface area contributed by atoms with Crippen molar-refractivity contribution < 1.29 is 14.6 Å². The zero-order valence-corrected chi connectivity index (χ0v) is 21.5. The Hall–Kier alpha value is -2.85. The number of hydrogen-bond donors (Lipinski definition) is 1. The van der Waals surface area contributed by atoms with Gasteiger partial charge in [0.1, 0.15) is 0 Å². The van der Waals surface area contributed by atoms with Gasteiger partial charge in [0.15, 0.2) is 5.60 Å². The molecule has 0 aliphatic carbocycles. The minimum atomic E-state index is -1.93. The Morgan fingerprint density at radius 3 is 1.97 bits per heavy atom. The molecule has 1 fully saturated rings. The fraction of sp³-hybridized carbons (Fsp3) is 0.357. The van der Waals surface area contributed by atoms with Gasteiger partial charge in [-0.2, -0.15) is 0 Å². The number of nitrogens with zero attached hydrogens (tertiary/aromatic N) is 1. The molecule has 0 saturated carbocycles. The highest BCUT2D eigenvalue weighted by molar-refractivity contribution is 6.83. The van der Waals surface area contributed by atoms with Gasteiger partial charge in [-0.3, -0.25) is 4.90 Å². The first-order valence-electron chi connectivity index (χ1n) is 11.4. The summed E-state index contributed by atoms with van der Waals surface area (Å²) in [5.74, 6) is 0.0799. The summed E-state index contributed by atoms with van der Waals surface area (Å²) in [6.07, 6.45) is 0.478. The molecule has 1 aliphatic heterocycles. The molecule has 0 unspecified atom stereocenters. The lowest BCUT2D eigenvalue weighted by atomic mass is 9.76. The Bertz CT molecular complexity index is 1020. The number of carbonyl (C=O) groups is 1. The van der Waals surface area contributed by atoms with E-state index in [0.29, 0.717) is 5.57 Å². The van der Waals surface area contributed by atoms with Crippen LogP contribution in [0.1, 0.15) is 31.9 Å². The fourth-order valence-electron chi connectivity index (χ4n) is 4.57. The summed E-state index contributed by atoms with van der Waals surface area (Å²) in [4.78, 5) is 15.0. The molecule has 0 bridgehead atoms. The van der Waals surface area contributed by atoms with Gasteiger partial charge in [-0.15, -0.1) is 5.73 Å². The summed E-state index contributed by atoms with van der Waals surface area (Å²) in [6, 6.07) is 19.5. The predicted molar refractivity (Wildman–Crippen MR) is 136 cm³/mol. The summed E-state index contributed by atoms with van der Waals surface area (Å²) in [5, 5.41) is 11.6. The van der Waals surface area contributed by atoms with E-state index in [4.69, 9.17) is 4.74 Å². The van der Waals surface area contributed by atoms with Crippen molar-refractivity contribution in [3.63, 3.8) is 0 Å². The number of carbonyl (C=O) groups excluding carboxylic acids is 1. The Morgan fingerprint density at radius 2 is 1.58 bits per heavy atom. The summed E-state index contributed by atoms with van der Waals surface area (Å²) >= 11 is 0. The number of cyclic esters (lactones) is 1. The third kappa shape index (κ3) is 4.76. The molecule has 0 aromatic heterocycles. The summed E-state index contributed by atoms with van der Waals surface area (Å²) < 4.78 is 6.27. The van der Waals surface area contributed by atoms with Gasteiger partial charge in [0.25, 0.3) is 0 Å². The molecule has 4 nitrogen and oxygen atoms in total. The van der Waals surface area contributed by atoms with E-state index in [1.165, 1.54) is 0 Å². The number of benzene rings is 2. The van der Waals surface area contributed by atoms with Crippen molar-refractivity contribution in [3.05, 3.63) is 101 Å². The maximum atomic E-state index is 13.4. The largest absolute Gasteiger partial charge is 0.430 e. The van der Waals surface area contributed by atoms with E-state index >= 15 is 0 Å². The first kappa shape index (κ1) is 24.8. The average molecular weight is 462 g/mol. The Balaban J connectivity index is 2.24. The molecule has 1 amide bonds. The van der Waals surface area contributed by atoms with Crippen LogP contribution < -0.4 is 0 Å². The number of aliphatic hydroxyl groups excluding tert-OH is 1. The smallest absolute Gasteiger partial charge is 0.416 e. The second-order valence-corrected chi connectivity index (χ2v) is 15.2. The highest BCUT2D eigenvalue weighted by atomic mass is 28.3. The van der Waals surface area contributed by atoms with Crippen LogP contribution in [0.4, 0.5) is 4.79 Å². The first-order valence-corrected chi connectivity index (χ1v) is 14.9. The standard InChI is InChI=1S/C28H35NO3Si/c1-20(2)25(30)24(33(5,6)7)18-19-29-26(21(3)4)28(32-27(29)31,22-14-10-8-11-15-22)23-16-12-9-13-17-23/h8-17,19,21,25-26,30H,1H2,2-7H3/t18?,25-,26+/m1/s1. The molecule has 1 aliphatic rings. The van der Waals surface area contributed by atoms with Crippen molar-refractivity contribution in [3.8, 4) is 0 Å². The molecule has 2 atom stereocenters. The molecule has 0 spiro atoms. The molecule has 33 heavy (non-hydrogen) atoms. The number of rotatable bonds is 7. The van der Waals surface area contributed by atoms with Crippen LogP contribution in [0.5, 0.6) is 0 Å². The van der Waals surface area contributed by atoms with Crippen LogP contribution in [0.25, 0.3) is 0 Å². The highest BCUT2D eigenvalue weighted by Crippen LogP contribution is 2.47. The Labute approximate surface area is 198 Å². The third-order valence-corrected chi connectivity index (χ3v) is 8.15. The number of hydrogen-bond acceptors (Lipinski definition) is 3. The van der Waals surface area contributed by atoms with E-state index in [0.717, 1.165) is 16.3 Å². The normalized spacial score (nSPS) is 18.5. The molecule has 2 aromatic carbocycles. The van der Waals surface area contributed by atoms with Crippen LogP contribution in [0.3, 0.4) is 0 Å². The summed E-state index contributed by atoms with van der Waals surface area (Å²) in [5.41, 5.74) is 4.87. The number of aliphatic hydroxyl groups is 1. The van der Waals surface area contributed by atoms with Gasteiger partial charge < -0.3 is 9.84 Å². The third-order valence-electron chi connectivity index (χ3n) is 6.12. The van der Waals surface area contributed by atoms with E-state index in [1.54, 1.807) is 11.1 Å². The van der Waals surface area contributed by atoms with Crippen LogP contribution in [0, 0.1) is 5.92 Å². The monoisotopic (exact) mass is 461 g/mol. The summed E-state index contributed by atoms with van der Waals surface area (Å²) in [6.45, 7) is 16.4. The minimum Gasteiger partial charge on any atom is -0.430 e. The van der Waals surface area contributed by atoms with Crippen molar-refractivity contribution in [1.82, 2.24) is 4.90 Å².